The number of carboxylic acids is 1. The molecule has 0 heterocycles. The maximum Gasteiger partial charge on any atom is 0.331 e. The van der Waals surface area contributed by atoms with Crippen molar-refractivity contribution in [2.75, 3.05) is 6.54 Å². The Labute approximate surface area is 66.9 Å². The predicted octanol–water partition coefficient (Wildman–Crippen LogP) is 1.00. The van der Waals surface area contributed by atoms with E-state index in [-0.39, 0.29) is 11.0 Å². The summed E-state index contributed by atoms with van der Waals surface area (Å²) >= 11 is 0. The van der Waals surface area contributed by atoms with Gasteiger partial charge in [0.25, 0.3) is 0 Å². The molecular weight excluding hydrogens is 142 g/mol. The molecule has 0 rings (SSSR count). The molecule has 0 aromatic carbocycles. The molecule has 0 fully saturated rings. The molecule has 0 unspecified atom stereocenters. The van der Waals surface area contributed by atoms with Gasteiger partial charge in [0, 0.05) is 5.57 Å². The summed E-state index contributed by atoms with van der Waals surface area (Å²) in [5.41, 5.74) is 5.16. The van der Waals surface area contributed by atoms with E-state index >= 15 is 0 Å². The van der Waals surface area contributed by atoms with Crippen molar-refractivity contribution in [1.82, 2.24) is 0 Å². The highest BCUT2D eigenvalue weighted by atomic mass is 16.4. The van der Waals surface area contributed by atoms with Gasteiger partial charge in [-0.1, -0.05) is 20.4 Å². The standard InChI is InChI=1S/C8H15NO2/c1-6(7(10)11)8(2,3)4-5-9/h1,4-5,9H2,2-3H3,(H,10,11). The van der Waals surface area contributed by atoms with Crippen LogP contribution < -0.4 is 5.73 Å². The molecule has 0 spiro atoms. The van der Waals surface area contributed by atoms with Crippen molar-refractivity contribution in [3.05, 3.63) is 12.2 Å². The summed E-state index contributed by atoms with van der Waals surface area (Å²) in [6.07, 6.45) is 0.651. The van der Waals surface area contributed by atoms with Gasteiger partial charge in [-0.15, -0.1) is 0 Å². The predicted molar refractivity (Wildman–Crippen MR) is 44.2 cm³/mol. The number of carboxylic acid groups (broad SMARTS) is 1. The van der Waals surface area contributed by atoms with Crippen molar-refractivity contribution in [3.8, 4) is 0 Å². The van der Waals surface area contributed by atoms with Crippen molar-refractivity contribution >= 4 is 5.97 Å². The summed E-state index contributed by atoms with van der Waals surface area (Å²) < 4.78 is 0. The number of aliphatic carboxylic acids is 1. The number of hydrogen-bond donors (Lipinski definition) is 2. The third kappa shape index (κ3) is 2.72. The molecule has 0 bridgehead atoms. The van der Waals surface area contributed by atoms with E-state index in [0.29, 0.717) is 13.0 Å². The average Bonchev–Trinajstić information content (AvgIpc) is 1.86. The van der Waals surface area contributed by atoms with Crippen LogP contribution in [0.1, 0.15) is 20.3 Å². The minimum atomic E-state index is -0.941. The third-order valence-electron chi connectivity index (χ3n) is 1.84. The quantitative estimate of drug-likeness (QED) is 0.598. The maximum atomic E-state index is 10.5. The molecule has 3 heteroatoms. The second-order valence-electron chi connectivity index (χ2n) is 3.21. The molecule has 64 valence electrons. The van der Waals surface area contributed by atoms with Crippen LogP contribution in [0.5, 0.6) is 0 Å². The molecular formula is C8H15NO2. The Morgan fingerprint density at radius 1 is 1.64 bits per heavy atom. The van der Waals surface area contributed by atoms with E-state index in [4.69, 9.17) is 10.8 Å². The van der Waals surface area contributed by atoms with E-state index in [2.05, 4.69) is 6.58 Å². The van der Waals surface area contributed by atoms with Gasteiger partial charge < -0.3 is 10.8 Å². The fourth-order valence-corrected chi connectivity index (χ4v) is 0.801. The van der Waals surface area contributed by atoms with Gasteiger partial charge in [-0.25, -0.2) is 4.79 Å². The summed E-state index contributed by atoms with van der Waals surface area (Å²) in [6, 6.07) is 0. The van der Waals surface area contributed by atoms with Crippen LogP contribution in [0.25, 0.3) is 0 Å². The average molecular weight is 157 g/mol. The van der Waals surface area contributed by atoms with Crippen LogP contribution in [0, 0.1) is 5.41 Å². The summed E-state index contributed by atoms with van der Waals surface area (Å²) in [7, 11) is 0. The maximum absolute atomic E-state index is 10.5. The van der Waals surface area contributed by atoms with Gasteiger partial charge in [-0.2, -0.15) is 0 Å². The normalized spacial score (nSPS) is 11.2. The van der Waals surface area contributed by atoms with Gasteiger partial charge in [-0.3, -0.25) is 0 Å². The molecule has 0 saturated heterocycles. The van der Waals surface area contributed by atoms with Crippen LogP contribution in [0.2, 0.25) is 0 Å². The van der Waals surface area contributed by atoms with Gasteiger partial charge in [0.1, 0.15) is 0 Å². The minimum Gasteiger partial charge on any atom is -0.478 e. The second-order valence-corrected chi connectivity index (χ2v) is 3.21. The third-order valence-corrected chi connectivity index (χ3v) is 1.84. The zero-order valence-electron chi connectivity index (χ0n) is 7.05. The fraction of sp³-hybridized carbons (Fsp3) is 0.625. The van der Waals surface area contributed by atoms with Crippen LogP contribution in [0.15, 0.2) is 12.2 Å². The van der Waals surface area contributed by atoms with Gasteiger partial charge in [0.15, 0.2) is 0 Å². The van der Waals surface area contributed by atoms with E-state index in [1.54, 1.807) is 0 Å². The number of nitrogens with two attached hydrogens (primary N) is 1. The van der Waals surface area contributed by atoms with Crippen molar-refractivity contribution in [2.24, 2.45) is 11.1 Å². The first-order valence-electron chi connectivity index (χ1n) is 3.54. The molecule has 0 radical (unpaired) electrons. The molecule has 0 aliphatic heterocycles. The molecule has 3 N–H and O–H groups in total. The highest BCUT2D eigenvalue weighted by molar-refractivity contribution is 5.87. The van der Waals surface area contributed by atoms with Gasteiger partial charge in [0.05, 0.1) is 0 Å². The fourth-order valence-electron chi connectivity index (χ4n) is 0.801. The van der Waals surface area contributed by atoms with Crippen molar-refractivity contribution in [2.45, 2.75) is 20.3 Å². The zero-order chi connectivity index (χ0) is 9.07. The van der Waals surface area contributed by atoms with Crippen molar-refractivity contribution in [1.29, 1.82) is 0 Å². The van der Waals surface area contributed by atoms with Gasteiger partial charge in [-0.05, 0) is 18.4 Å². The zero-order valence-corrected chi connectivity index (χ0v) is 7.05. The topological polar surface area (TPSA) is 63.3 Å². The lowest BCUT2D eigenvalue weighted by Gasteiger charge is -2.23. The van der Waals surface area contributed by atoms with Gasteiger partial charge in [0.2, 0.25) is 0 Å². The first-order valence-corrected chi connectivity index (χ1v) is 3.54. The summed E-state index contributed by atoms with van der Waals surface area (Å²) in [4.78, 5) is 10.5. The Morgan fingerprint density at radius 3 is 2.36 bits per heavy atom. The van der Waals surface area contributed by atoms with E-state index < -0.39 is 5.97 Å². The van der Waals surface area contributed by atoms with E-state index in [1.807, 2.05) is 13.8 Å². The molecule has 0 atom stereocenters. The summed E-state index contributed by atoms with van der Waals surface area (Å²) in [6.45, 7) is 7.63. The highest BCUT2D eigenvalue weighted by Gasteiger charge is 2.25. The largest absolute Gasteiger partial charge is 0.478 e. The Hall–Kier alpha value is -0.830. The van der Waals surface area contributed by atoms with E-state index in [0.717, 1.165) is 0 Å². The Balaban J connectivity index is 4.29. The molecule has 0 amide bonds. The lowest BCUT2D eigenvalue weighted by Crippen LogP contribution is -2.23. The molecule has 0 aliphatic rings. The monoisotopic (exact) mass is 157 g/mol. The first-order chi connectivity index (χ1) is 4.91. The lowest BCUT2D eigenvalue weighted by atomic mass is 9.82. The lowest BCUT2D eigenvalue weighted by molar-refractivity contribution is -0.133. The van der Waals surface area contributed by atoms with Crippen LogP contribution in [-0.2, 0) is 4.79 Å². The molecule has 3 nitrogen and oxygen atoms in total. The molecule has 11 heavy (non-hydrogen) atoms. The Morgan fingerprint density at radius 2 is 2.09 bits per heavy atom. The first kappa shape index (κ1) is 10.2. The number of rotatable bonds is 4. The molecule has 0 aromatic heterocycles. The van der Waals surface area contributed by atoms with Crippen LogP contribution in [0.3, 0.4) is 0 Å². The van der Waals surface area contributed by atoms with Crippen LogP contribution >= 0.6 is 0 Å². The molecule has 0 aromatic rings. The van der Waals surface area contributed by atoms with Crippen LogP contribution in [-0.4, -0.2) is 17.6 Å². The Bertz CT molecular complexity index is 173. The smallest absolute Gasteiger partial charge is 0.331 e. The minimum absolute atomic E-state index is 0.225. The SMILES string of the molecule is C=C(C(=O)O)C(C)(C)CCN. The Kier molecular flexibility index (Phi) is 3.26. The van der Waals surface area contributed by atoms with Crippen molar-refractivity contribution in [3.63, 3.8) is 0 Å². The number of carbonyl (C=O) groups is 1. The highest BCUT2D eigenvalue weighted by Crippen LogP contribution is 2.28. The number of hydrogen-bond acceptors (Lipinski definition) is 2. The van der Waals surface area contributed by atoms with E-state index in [9.17, 15) is 4.79 Å². The molecule has 0 saturated carbocycles. The summed E-state index contributed by atoms with van der Waals surface area (Å²) in [5, 5.41) is 8.60. The molecule has 0 aliphatic carbocycles. The van der Waals surface area contributed by atoms with E-state index in [1.165, 1.54) is 0 Å². The van der Waals surface area contributed by atoms with Gasteiger partial charge >= 0.3 is 5.97 Å². The second kappa shape index (κ2) is 3.53. The van der Waals surface area contributed by atoms with Crippen LogP contribution in [0.4, 0.5) is 0 Å². The van der Waals surface area contributed by atoms with Crippen molar-refractivity contribution < 1.29 is 9.90 Å². The summed E-state index contributed by atoms with van der Waals surface area (Å²) in [5.74, 6) is -0.941.